The first-order chi connectivity index (χ1) is 15.1. The number of halogens is 1. The number of pyridine rings is 1. The molecule has 0 saturated heterocycles. The molecule has 7 heteroatoms. The van der Waals surface area contributed by atoms with Crippen molar-refractivity contribution in [2.45, 2.75) is 13.5 Å². The Balaban J connectivity index is 1.49. The van der Waals surface area contributed by atoms with Gasteiger partial charge < -0.3 is 19.4 Å². The van der Waals surface area contributed by atoms with E-state index in [1.807, 2.05) is 64.8 Å². The van der Waals surface area contributed by atoms with Crippen LogP contribution in [0.2, 0.25) is 0 Å². The molecule has 0 bridgehead atoms. The van der Waals surface area contributed by atoms with E-state index in [1.54, 1.807) is 18.5 Å². The largest absolute Gasteiger partial charge is 0.392 e. The van der Waals surface area contributed by atoms with Gasteiger partial charge in [0.25, 0.3) is 0 Å². The van der Waals surface area contributed by atoms with E-state index >= 15 is 0 Å². The molecule has 154 valence electrons. The van der Waals surface area contributed by atoms with E-state index in [0.717, 1.165) is 45.2 Å². The van der Waals surface area contributed by atoms with Gasteiger partial charge in [-0.3, -0.25) is 0 Å². The van der Waals surface area contributed by atoms with Gasteiger partial charge in [-0.2, -0.15) is 0 Å². The second-order valence-corrected chi connectivity index (χ2v) is 7.33. The van der Waals surface area contributed by atoms with E-state index in [-0.39, 0.29) is 12.4 Å². The fourth-order valence-electron chi connectivity index (χ4n) is 3.62. The molecule has 0 aliphatic carbocycles. The van der Waals surface area contributed by atoms with E-state index in [2.05, 4.69) is 10.3 Å². The van der Waals surface area contributed by atoms with Crippen LogP contribution in [-0.2, 0) is 6.61 Å². The van der Waals surface area contributed by atoms with Crippen LogP contribution in [0.3, 0.4) is 0 Å². The highest BCUT2D eigenvalue weighted by atomic mass is 19.1. The Kier molecular flexibility index (Phi) is 4.72. The molecule has 0 fully saturated rings. The second-order valence-electron chi connectivity index (χ2n) is 7.33. The van der Waals surface area contributed by atoms with Crippen LogP contribution in [-0.4, -0.2) is 24.0 Å². The first-order valence-electron chi connectivity index (χ1n) is 9.86. The third-order valence-corrected chi connectivity index (χ3v) is 5.14. The van der Waals surface area contributed by atoms with Gasteiger partial charge in [-0.05, 0) is 61.5 Å². The van der Waals surface area contributed by atoms with Gasteiger partial charge in [-0.1, -0.05) is 0 Å². The van der Waals surface area contributed by atoms with Gasteiger partial charge in [0.05, 0.1) is 35.7 Å². The molecule has 0 atom stereocenters. The Labute approximate surface area is 178 Å². The van der Waals surface area contributed by atoms with Gasteiger partial charge in [-0.25, -0.2) is 14.4 Å². The zero-order valence-corrected chi connectivity index (χ0v) is 16.8. The number of imidazole rings is 2. The number of aromatic nitrogens is 4. The monoisotopic (exact) mass is 413 g/mol. The summed E-state index contributed by atoms with van der Waals surface area (Å²) in [6.07, 6.45) is 7.49. The Morgan fingerprint density at radius 1 is 1.06 bits per heavy atom. The smallest absolute Gasteiger partial charge is 0.161 e. The average Bonchev–Trinajstić information content (AvgIpc) is 3.41. The first kappa shape index (κ1) is 19.0. The molecule has 2 N–H and O–H groups in total. The van der Waals surface area contributed by atoms with Gasteiger partial charge in [0.1, 0.15) is 5.82 Å². The molecule has 0 radical (unpaired) electrons. The Morgan fingerprint density at radius 2 is 1.90 bits per heavy atom. The first-order valence-corrected chi connectivity index (χ1v) is 9.86. The molecule has 6 nitrogen and oxygen atoms in total. The lowest BCUT2D eigenvalue weighted by Gasteiger charge is -2.13. The molecule has 5 rings (SSSR count). The van der Waals surface area contributed by atoms with Crippen molar-refractivity contribution in [3.05, 3.63) is 96.6 Å². The van der Waals surface area contributed by atoms with Gasteiger partial charge in [-0.15, -0.1) is 0 Å². The van der Waals surface area contributed by atoms with Crippen molar-refractivity contribution in [1.29, 1.82) is 0 Å². The summed E-state index contributed by atoms with van der Waals surface area (Å²) in [6.45, 7) is 1.83. The number of nitrogens with zero attached hydrogens (tertiary/aromatic N) is 4. The van der Waals surface area contributed by atoms with Crippen molar-refractivity contribution in [2.75, 3.05) is 5.32 Å². The molecule has 0 saturated carbocycles. The maximum atomic E-state index is 13.3. The van der Waals surface area contributed by atoms with Crippen molar-refractivity contribution < 1.29 is 9.50 Å². The van der Waals surface area contributed by atoms with Crippen LogP contribution in [0.4, 0.5) is 15.8 Å². The molecular weight excluding hydrogens is 393 g/mol. The van der Waals surface area contributed by atoms with Gasteiger partial charge in [0.15, 0.2) is 5.65 Å². The fourth-order valence-corrected chi connectivity index (χ4v) is 3.62. The minimum absolute atomic E-state index is 0.0929. The van der Waals surface area contributed by atoms with E-state index < -0.39 is 0 Å². The number of anilines is 2. The molecule has 5 aromatic rings. The van der Waals surface area contributed by atoms with E-state index in [4.69, 9.17) is 4.98 Å². The number of aliphatic hydroxyl groups excluding tert-OH is 1. The second kappa shape index (κ2) is 7.70. The Hall–Kier alpha value is -3.97. The van der Waals surface area contributed by atoms with Crippen molar-refractivity contribution in [3.8, 4) is 16.9 Å². The summed E-state index contributed by atoms with van der Waals surface area (Å²) in [4.78, 5) is 8.99. The standard InChI is InChI=1S/C24H20FN5O/c1-16-12-30(15-26-16)23-9-8-20(11-18(23)14-31)27-21-3-2-10-29-13-22(28-24(21)29)17-4-6-19(25)7-5-17/h2-13,15,27,31H,14H2,1H3. The van der Waals surface area contributed by atoms with Crippen LogP contribution in [0, 0.1) is 12.7 Å². The molecule has 31 heavy (non-hydrogen) atoms. The number of aryl methyl sites for hydroxylation is 1. The van der Waals surface area contributed by atoms with Crippen LogP contribution in [0.5, 0.6) is 0 Å². The van der Waals surface area contributed by atoms with Gasteiger partial charge in [0.2, 0.25) is 0 Å². The minimum atomic E-state index is -0.274. The fraction of sp³-hybridized carbons (Fsp3) is 0.0833. The van der Waals surface area contributed by atoms with Gasteiger partial charge >= 0.3 is 0 Å². The maximum absolute atomic E-state index is 13.3. The molecule has 3 aromatic heterocycles. The van der Waals surface area contributed by atoms with Crippen LogP contribution in [0.1, 0.15) is 11.3 Å². The lowest BCUT2D eigenvalue weighted by atomic mass is 10.1. The summed E-state index contributed by atoms with van der Waals surface area (Å²) >= 11 is 0. The molecule has 3 heterocycles. The van der Waals surface area contributed by atoms with Crippen molar-refractivity contribution in [1.82, 2.24) is 18.9 Å². The predicted octanol–water partition coefficient (Wildman–Crippen LogP) is 4.87. The minimum Gasteiger partial charge on any atom is -0.392 e. The highest BCUT2D eigenvalue weighted by Crippen LogP contribution is 2.27. The van der Waals surface area contributed by atoms with E-state index in [1.165, 1.54) is 12.1 Å². The molecule has 0 unspecified atom stereocenters. The lowest BCUT2D eigenvalue weighted by molar-refractivity contribution is 0.281. The van der Waals surface area contributed by atoms with Crippen molar-refractivity contribution in [3.63, 3.8) is 0 Å². The Bertz CT molecular complexity index is 1370. The summed E-state index contributed by atoms with van der Waals surface area (Å²) in [5.41, 5.74) is 6.59. The van der Waals surface area contributed by atoms with Crippen LogP contribution < -0.4 is 5.32 Å². The van der Waals surface area contributed by atoms with E-state index in [0.29, 0.717) is 0 Å². The topological polar surface area (TPSA) is 67.4 Å². The number of hydrogen-bond donors (Lipinski definition) is 2. The molecule has 2 aromatic carbocycles. The zero-order chi connectivity index (χ0) is 21.4. The van der Waals surface area contributed by atoms with Crippen LogP contribution >= 0.6 is 0 Å². The molecule has 0 amide bonds. The molecule has 0 aliphatic heterocycles. The molecule has 0 spiro atoms. The average molecular weight is 413 g/mol. The number of aliphatic hydroxyl groups is 1. The van der Waals surface area contributed by atoms with Crippen molar-refractivity contribution >= 4 is 17.0 Å². The van der Waals surface area contributed by atoms with Gasteiger partial charge in [0, 0.05) is 35.4 Å². The van der Waals surface area contributed by atoms with Crippen molar-refractivity contribution in [2.24, 2.45) is 0 Å². The summed E-state index contributed by atoms with van der Waals surface area (Å²) < 4.78 is 17.1. The van der Waals surface area contributed by atoms with E-state index in [9.17, 15) is 9.50 Å². The summed E-state index contributed by atoms with van der Waals surface area (Å²) in [7, 11) is 0. The normalized spacial score (nSPS) is 11.2. The van der Waals surface area contributed by atoms with Crippen LogP contribution in [0.25, 0.3) is 22.6 Å². The zero-order valence-electron chi connectivity index (χ0n) is 16.8. The summed E-state index contributed by atoms with van der Waals surface area (Å²) in [5.74, 6) is -0.274. The number of hydrogen-bond acceptors (Lipinski definition) is 4. The maximum Gasteiger partial charge on any atom is 0.161 e. The SMILES string of the molecule is Cc1cn(-c2ccc(Nc3cccn4cc(-c5ccc(F)cc5)nc34)cc2CO)cn1. The highest BCUT2D eigenvalue weighted by Gasteiger charge is 2.11. The summed E-state index contributed by atoms with van der Waals surface area (Å²) in [5, 5.41) is 13.3. The lowest BCUT2D eigenvalue weighted by Crippen LogP contribution is -2.00. The number of benzene rings is 2. The van der Waals surface area contributed by atoms with Crippen LogP contribution in [0.15, 0.2) is 79.5 Å². The molecule has 0 aliphatic rings. The highest BCUT2D eigenvalue weighted by molar-refractivity contribution is 5.77. The summed E-state index contributed by atoms with van der Waals surface area (Å²) in [6, 6.07) is 16.0. The number of rotatable bonds is 5. The number of fused-ring (bicyclic) bond motifs is 1. The number of nitrogens with one attached hydrogen (secondary N) is 1. The molecular formula is C24H20FN5O. The Morgan fingerprint density at radius 3 is 2.65 bits per heavy atom. The third-order valence-electron chi connectivity index (χ3n) is 5.14. The quantitative estimate of drug-likeness (QED) is 0.431. The predicted molar refractivity (Wildman–Crippen MR) is 118 cm³/mol. The third kappa shape index (κ3) is 3.67.